The highest BCUT2D eigenvalue weighted by atomic mass is 35.5. The van der Waals surface area contributed by atoms with Crippen molar-refractivity contribution in [2.24, 2.45) is 23.0 Å². The number of amides is 1. The van der Waals surface area contributed by atoms with Gasteiger partial charge in [0.05, 0.1) is 22.9 Å². The topological polar surface area (TPSA) is 86.7 Å². The first-order valence-electron chi connectivity index (χ1n) is 9.90. The monoisotopic (exact) mass is 429 g/mol. The average Bonchev–Trinajstić information content (AvgIpc) is 3.41. The fourth-order valence-corrected chi connectivity index (χ4v) is 4.97. The molecule has 29 heavy (non-hydrogen) atoms. The molecule has 1 aromatic rings. The van der Waals surface area contributed by atoms with Gasteiger partial charge in [-0.15, -0.1) is 21.8 Å². The quantitative estimate of drug-likeness (QED) is 0.726. The highest BCUT2D eigenvalue weighted by Gasteiger charge is 2.52. The van der Waals surface area contributed by atoms with E-state index in [1.165, 1.54) is 6.08 Å². The fourth-order valence-electron chi connectivity index (χ4n) is 4.55. The summed E-state index contributed by atoms with van der Waals surface area (Å²) < 4.78 is 39.8. The van der Waals surface area contributed by atoms with E-state index in [9.17, 15) is 18.0 Å². The summed E-state index contributed by atoms with van der Waals surface area (Å²) in [5, 5.41) is 11.7. The number of nitrogens with zero attached hydrogens (tertiary/aromatic N) is 4. The van der Waals surface area contributed by atoms with Gasteiger partial charge < -0.3 is 5.73 Å². The van der Waals surface area contributed by atoms with Crippen LogP contribution in [0.4, 0.5) is 13.2 Å². The van der Waals surface area contributed by atoms with Crippen LogP contribution in [0.5, 0.6) is 0 Å². The Morgan fingerprint density at radius 1 is 1.24 bits per heavy atom. The predicted octanol–water partition coefficient (Wildman–Crippen LogP) is 3.49. The van der Waals surface area contributed by atoms with Gasteiger partial charge in [0.2, 0.25) is 5.91 Å². The lowest BCUT2D eigenvalue weighted by Crippen LogP contribution is -2.50. The molecule has 2 fully saturated rings. The summed E-state index contributed by atoms with van der Waals surface area (Å²) in [7, 11) is 0. The molecule has 2 unspecified atom stereocenters. The van der Waals surface area contributed by atoms with Gasteiger partial charge in [0.15, 0.2) is 5.82 Å². The minimum Gasteiger partial charge on any atom is -0.369 e. The molecule has 2 atom stereocenters. The second-order valence-corrected chi connectivity index (χ2v) is 8.82. The Hall–Kier alpha value is -1.90. The third-order valence-electron chi connectivity index (χ3n) is 6.40. The van der Waals surface area contributed by atoms with Gasteiger partial charge in [-0.3, -0.25) is 4.79 Å². The van der Waals surface area contributed by atoms with Crippen LogP contribution in [0.25, 0.3) is 0 Å². The minimum absolute atomic E-state index is 0.274. The molecular formula is C19H23ClF3N5O. The second kappa shape index (κ2) is 7.41. The van der Waals surface area contributed by atoms with Crippen LogP contribution >= 0.6 is 11.6 Å². The number of aromatic nitrogens is 4. The molecule has 0 aromatic carbocycles. The Morgan fingerprint density at radius 2 is 1.93 bits per heavy atom. The Balaban J connectivity index is 1.46. The van der Waals surface area contributed by atoms with E-state index in [1.807, 2.05) is 0 Å². The van der Waals surface area contributed by atoms with Gasteiger partial charge in [-0.25, -0.2) is 0 Å². The number of primary amides is 1. The molecule has 1 aromatic heterocycles. The van der Waals surface area contributed by atoms with Crippen molar-refractivity contribution in [2.75, 3.05) is 0 Å². The van der Waals surface area contributed by atoms with E-state index in [1.54, 1.807) is 4.80 Å². The Bertz CT molecular complexity index is 839. The van der Waals surface area contributed by atoms with E-state index in [0.717, 1.165) is 43.7 Å². The van der Waals surface area contributed by atoms with Gasteiger partial charge in [-0.1, -0.05) is 18.2 Å². The van der Waals surface area contributed by atoms with E-state index in [2.05, 4.69) is 15.4 Å². The van der Waals surface area contributed by atoms with E-state index < -0.39 is 28.4 Å². The number of allylic oxidation sites excluding steroid dienone is 3. The Labute approximate surface area is 171 Å². The zero-order chi connectivity index (χ0) is 20.8. The first-order chi connectivity index (χ1) is 13.7. The van der Waals surface area contributed by atoms with E-state index in [4.69, 9.17) is 17.3 Å². The maximum atomic E-state index is 13.3. The number of tetrazole rings is 1. The second-order valence-electron chi connectivity index (χ2n) is 8.35. The number of hydrogen-bond acceptors (Lipinski definition) is 4. The van der Waals surface area contributed by atoms with E-state index >= 15 is 0 Å². The molecule has 1 heterocycles. The molecule has 0 radical (unpaired) electrons. The smallest absolute Gasteiger partial charge is 0.369 e. The van der Waals surface area contributed by atoms with Crippen molar-refractivity contribution in [3.63, 3.8) is 0 Å². The van der Waals surface area contributed by atoms with Crippen LogP contribution in [-0.4, -0.2) is 37.7 Å². The molecule has 2 N–H and O–H groups in total. The molecule has 2 saturated carbocycles. The zero-order valence-electron chi connectivity index (χ0n) is 15.8. The Kier molecular flexibility index (Phi) is 5.21. The number of hydrogen-bond donors (Lipinski definition) is 1. The zero-order valence-corrected chi connectivity index (χ0v) is 16.5. The summed E-state index contributed by atoms with van der Waals surface area (Å²) >= 11 is 6.36. The molecule has 4 rings (SSSR count). The predicted molar refractivity (Wildman–Crippen MR) is 99.8 cm³/mol. The summed E-state index contributed by atoms with van der Waals surface area (Å²) in [5.41, 5.74) is 3.23. The van der Waals surface area contributed by atoms with Crippen LogP contribution in [0.1, 0.15) is 50.3 Å². The molecule has 3 aliphatic rings. The summed E-state index contributed by atoms with van der Waals surface area (Å²) in [6.07, 6.45) is 3.39. The van der Waals surface area contributed by atoms with Crippen LogP contribution in [0, 0.1) is 17.3 Å². The van der Waals surface area contributed by atoms with Crippen LogP contribution in [0.15, 0.2) is 23.8 Å². The molecule has 6 nitrogen and oxygen atoms in total. The summed E-state index contributed by atoms with van der Waals surface area (Å²) in [6.45, 7) is 0.615. The van der Waals surface area contributed by atoms with Crippen LogP contribution < -0.4 is 5.73 Å². The van der Waals surface area contributed by atoms with Crippen LogP contribution in [0.3, 0.4) is 0 Å². The number of carbonyl (C=O) groups is 1. The lowest BCUT2D eigenvalue weighted by atomic mass is 9.62. The molecule has 158 valence electrons. The van der Waals surface area contributed by atoms with Gasteiger partial charge in [0.25, 0.3) is 0 Å². The minimum atomic E-state index is -4.55. The molecular weight excluding hydrogens is 407 g/mol. The Morgan fingerprint density at radius 3 is 2.52 bits per heavy atom. The van der Waals surface area contributed by atoms with Crippen molar-refractivity contribution in [1.82, 2.24) is 20.2 Å². The number of carbonyl (C=O) groups excluding carboxylic acids is 1. The first kappa shape index (κ1) is 20.4. The third kappa shape index (κ3) is 3.93. The molecule has 0 spiro atoms. The first-order valence-corrected chi connectivity index (χ1v) is 10.3. The van der Waals surface area contributed by atoms with Gasteiger partial charge in [0.1, 0.15) is 0 Å². The number of nitrogens with two attached hydrogens (primary N) is 1. The summed E-state index contributed by atoms with van der Waals surface area (Å²) in [6, 6.07) is 0. The molecule has 10 heteroatoms. The molecule has 3 aliphatic carbocycles. The van der Waals surface area contributed by atoms with Crippen molar-refractivity contribution in [1.29, 1.82) is 0 Å². The van der Waals surface area contributed by atoms with Gasteiger partial charge >= 0.3 is 6.18 Å². The lowest BCUT2D eigenvalue weighted by Gasteiger charge is -2.43. The third-order valence-corrected chi connectivity index (χ3v) is 6.91. The van der Waals surface area contributed by atoms with Crippen molar-refractivity contribution in [3.8, 4) is 0 Å². The van der Waals surface area contributed by atoms with Crippen molar-refractivity contribution >= 4 is 17.5 Å². The van der Waals surface area contributed by atoms with E-state index in [-0.39, 0.29) is 11.8 Å². The van der Waals surface area contributed by atoms with Crippen molar-refractivity contribution in [2.45, 2.75) is 62.5 Å². The summed E-state index contributed by atoms with van der Waals surface area (Å²) in [5.74, 6) is 0.349. The lowest BCUT2D eigenvalue weighted by molar-refractivity contribution is -0.129. The number of rotatable bonds is 5. The molecule has 0 aliphatic heterocycles. The molecule has 1 amide bonds. The van der Waals surface area contributed by atoms with Gasteiger partial charge in [-0.2, -0.15) is 18.0 Å². The molecule has 0 saturated heterocycles. The number of alkyl halides is 4. The maximum absolute atomic E-state index is 13.3. The van der Waals surface area contributed by atoms with Crippen LogP contribution in [-0.2, 0) is 11.3 Å². The summed E-state index contributed by atoms with van der Waals surface area (Å²) in [4.78, 5) is 14.0. The maximum Gasteiger partial charge on any atom is 0.416 e. The van der Waals surface area contributed by atoms with E-state index in [0.29, 0.717) is 25.3 Å². The largest absolute Gasteiger partial charge is 0.416 e. The highest BCUT2D eigenvalue weighted by molar-refractivity contribution is 6.24. The van der Waals surface area contributed by atoms with Gasteiger partial charge in [-0.05, 0) is 55.6 Å². The van der Waals surface area contributed by atoms with Crippen molar-refractivity contribution < 1.29 is 18.0 Å². The van der Waals surface area contributed by atoms with Gasteiger partial charge in [0, 0.05) is 5.92 Å². The SMILES string of the molecule is NC(=O)C1(C2CCC(Cn3nnc(C4CC4)n3)CC2)C=C(C(F)(F)F)C=CC1Cl. The normalized spacial score (nSPS) is 32.8. The molecule has 0 bridgehead atoms. The van der Waals surface area contributed by atoms with Crippen LogP contribution in [0.2, 0.25) is 0 Å². The highest BCUT2D eigenvalue weighted by Crippen LogP contribution is 2.50. The standard InChI is InChI=1S/C19H23ClF3N5O/c20-15-8-7-14(19(21,22)23)9-18(15,17(24)29)13-5-1-11(2-6-13)10-28-26-16(25-27-28)12-3-4-12/h7-9,11-13,15H,1-6,10H2,(H2,24,29). The van der Waals surface area contributed by atoms with Crippen molar-refractivity contribution in [3.05, 3.63) is 29.6 Å². The number of halogens is 4. The average molecular weight is 430 g/mol. The fraction of sp³-hybridized carbons (Fsp3) is 0.684.